The van der Waals surface area contributed by atoms with Gasteiger partial charge >= 0.3 is 12.1 Å². The molecule has 1 aliphatic rings. The molecular formula is C18H27N3O4. The Morgan fingerprint density at radius 3 is 2.64 bits per heavy atom. The molecule has 138 valence electrons. The zero-order chi connectivity index (χ0) is 18.6. The van der Waals surface area contributed by atoms with Gasteiger partial charge in [0.1, 0.15) is 5.60 Å². The molecule has 1 atom stereocenters. The van der Waals surface area contributed by atoms with E-state index in [0.29, 0.717) is 31.9 Å². The maximum absolute atomic E-state index is 12.3. The Bertz CT molecular complexity index is 627. The van der Waals surface area contributed by atoms with E-state index in [1.54, 1.807) is 11.1 Å². The Morgan fingerprint density at radius 1 is 1.32 bits per heavy atom. The second-order valence-corrected chi connectivity index (χ2v) is 7.26. The number of piperazine rings is 1. The first kappa shape index (κ1) is 19.2. The van der Waals surface area contributed by atoms with E-state index in [-0.39, 0.29) is 12.1 Å². The lowest BCUT2D eigenvalue weighted by Crippen LogP contribution is -2.54. The number of nitrogens with zero attached hydrogens (tertiary/aromatic N) is 3. The standard InChI is InChI=1S/C18H27N3O4/c1-13-11-20(9-10-21(13)17(23)25-18(2,3)4)12-14-7-6-8-19-15(14)16(22)24-5/h6-8,13H,9-12H2,1-5H3/t13-/m0/s1. The summed E-state index contributed by atoms with van der Waals surface area (Å²) in [6, 6.07) is 3.72. The molecule has 1 aromatic rings. The van der Waals surface area contributed by atoms with Crippen molar-refractivity contribution in [2.45, 2.75) is 45.9 Å². The van der Waals surface area contributed by atoms with E-state index in [1.807, 2.05) is 39.8 Å². The molecule has 7 nitrogen and oxygen atoms in total. The van der Waals surface area contributed by atoms with Crippen LogP contribution in [0.15, 0.2) is 18.3 Å². The number of aromatic nitrogens is 1. The fraction of sp³-hybridized carbons (Fsp3) is 0.611. The summed E-state index contributed by atoms with van der Waals surface area (Å²) in [5.41, 5.74) is 0.665. The number of carbonyl (C=O) groups excluding carboxylic acids is 2. The Hall–Kier alpha value is -2.15. The minimum absolute atomic E-state index is 0.0295. The average molecular weight is 349 g/mol. The van der Waals surface area contributed by atoms with Crippen LogP contribution in [0.2, 0.25) is 0 Å². The molecule has 25 heavy (non-hydrogen) atoms. The first-order valence-electron chi connectivity index (χ1n) is 8.45. The largest absolute Gasteiger partial charge is 0.464 e. The lowest BCUT2D eigenvalue weighted by Gasteiger charge is -2.40. The minimum atomic E-state index is -0.501. The first-order valence-corrected chi connectivity index (χ1v) is 8.45. The van der Waals surface area contributed by atoms with Crippen LogP contribution in [0.3, 0.4) is 0 Å². The Morgan fingerprint density at radius 2 is 2.04 bits per heavy atom. The number of amides is 1. The van der Waals surface area contributed by atoms with Crippen LogP contribution in [0.5, 0.6) is 0 Å². The van der Waals surface area contributed by atoms with Gasteiger partial charge in [0, 0.05) is 38.4 Å². The van der Waals surface area contributed by atoms with Gasteiger partial charge in [0.05, 0.1) is 7.11 Å². The lowest BCUT2D eigenvalue weighted by atomic mass is 10.1. The number of ether oxygens (including phenoxy) is 2. The average Bonchev–Trinajstić information content (AvgIpc) is 2.53. The topological polar surface area (TPSA) is 72.0 Å². The smallest absolute Gasteiger partial charge is 0.410 e. The molecule has 0 saturated carbocycles. The van der Waals surface area contributed by atoms with Crippen molar-refractivity contribution in [3.8, 4) is 0 Å². The maximum atomic E-state index is 12.3. The van der Waals surface area contributed by atoms with Crippen molar-refractivity contribution in [3.63, 3.8) is 0 Å². The molecule has 0 unspecified atom stereocenters. The SMILES string of the molecule is COC(=O)c1ncccc1CN1CCN(C(=O)OC(C)(C)C)[C@@H](C)C1. The van der Waals surface area contributed by atoms with Crippen molar-refractivity contribution in [1.82, 2.24) is 14.8 Å². The highest BCUT2D eigenvalue weighted by molar-refractivity contribution is 5.88. The fourth-order valence-corrected chi connectivity index (χ4v) is 2.86. The first-order chi connectivity index (χ1) is 11.7. The van der Waals surface area contributed by atoms with Crippen molar-refractivity contribution in [1.29, 1.82) is 0 Å². The van der Waals surface area contributed by atoms with Gasteiger partial charge in [-0.25, -0.2) is 14.6 Å². The van der Waals surface area contributed by atoms with Crippen LogP contribution in [0.1, 0.15) is 43.7 Å². The van der Waals surface area contributed by atoms with Gasteiger partial charge in [-0.05, 0) is 39.3 Å². The van der Waals surface area contributed by atoms with E-state index >= 15 is 0 Å². The van der Waals surface area contributed by atoms with E-state index in [1.165, 1.54) is 7.11 Å². The molecule has 2 heterocycles. The number of esters is 1. The molecular weight excluding hydrogens is 322 g/mol. The highest BCUT2D eigenvalue weighted by Gasteiger charge is 2.31. The van der Waals surface area contributed by atoms with Crippen molar-refractivity contribution in [2.24, 2.45) is 0 Å². The molecule has 0 bridgehead atoms. The van der Waals surface area contributed by atoms with Crippen LogP contribution in [0, 0.1) is 0 Å². The number of hydrogen-bond donors (Lipinski definition) is 0. The Labute approximate surface area is 148 Å². The summed E-state index contributed by atoms with van der Waals surface area (Å²) < 4.78 is 10.3. The second-order valence-electron chi connectivity index (χ2n) is 7.26. The summed E-state index contributed by atoms with van der Waals surface area (Å²) in [6.07, 6.45) is 1.30. The van der Waals surface area contributed by atoms with Gasteiger partial charge in [0.15, 0.2) is 5.69 Å². The van der Waals surface area contributed by atoms with Gasteiger partial charge < -0.3 is 14.4 Å². The molecule has 0 spiro atoms. The molecule has 0 aliphatic carbocycles. The summed E-state index contributed by atoms with van der Waals surface area (Å²) in [5.74, 6) is -0.434. The number of rotatable bonds is 3. The van der Waals surface area contributed by atoms with Gasteiger partial charge in [-0.3, -0.25) is 4.90 Å². The Kier molecular flexibility index (Phi) is 6.00. The molecule has 0 N–H and O–H groups in total. The van der Waals surface area contributed by atoms with Gasteiger partial charge in [-0.2, -0.15) is 0 Å². The van der Waals surface area contributed by atoms with Crippen LogP contribution in [-0.4, -0.2) is 65.2 Å². The molecule has 1 saturated heterocycles. The maximum Gasteiger partial charge on any atom is 0.410 e. The molecule has 1 amide bonds. The van der Waals surface area contributed by atoms with E-state index in [4.69, 9.17) is 9.47 Å². The number of methoxy groups -OCH3 is 1. The van der Waals surface area contributed by atoms with Crippen LogP contribution >= 0.6 is 0 Å². The normalized spacial score (nSPS) is 18.8. The number of carbonyl (C=O) groups is 2. The van der Waals surface area contributed by atoms with Crippen molar-refractivity contribution >= 4 is 12.1 Å². The molecule has 0 aromatic carbocycles. The highest BCUT2D eigenvalue weighted by Crippen LogP contribution is 2.18. The summed E-state index contributed by atoms with van der Waals surface area (Å²) >= 11 is 0. The van der Waals surface area contributed by atoms with Crippen molar-refractivity contribution in [2.75, 3.05) is 26.7 Å². The monoisotopic (exact) mass is 349 g/mol. The molecule has 1 aromatic heterocycles. The summed E-state index contributed by atoms with van der Waals surface area (Å²) in [7, 11) is 1.35. The summed E-state index contributed by atoms with van der Waals surface area (Å²) in [6.45, 7) is 10.2. The second kappa shape index (κ2) is 7.82. The van der Waals surface area contributed by atoms with Gasteiger partial charge in [-0.15, -0.1) is 0 Å². The highest BCUT2D eigenvalue weighted by atomic mass is 16.6. The molecule has 7 heteroatoms. The predicted molar refractivity (Wildman–Crippen MR) is 93.3 cm³/mol. The third kappa shape index (κ3) is 5.16. The summed E-state index contributed by atoms with van der Waals surface area (Å²) in [5, 5.41) is 0. The number of hydrogen-bond acceptors (Lipinski definition) is 6. The predicted octanol–water partition coefficient (Wildman–Crippen LogP) is 2.31. The molecule has 0 radical (unpaired) electrons. The van der Waals surface area contributed by atoms with Gasteiger partial charge in [0.2, 0.25) is 0 Å². The van der Waals surface area contributed by atoms with Crippen molar-refractivity contribution < 1.29 is 19.1 Å². The Balaban J connectivity index is 2.00. The van der Waals surface area contributed by atoms with Crippen molar-refractivity contribution in [3.05, 3.63) is 29.6 Å². The quantitative estimate of drug-likeness (QED) is 0.780. The number of pyridine rings is 1. The van der Waals surface area contributed by atoms with E-state index < -0.39 is 11.6 Å². The fourth-order valence-electron chi connectivity index (χ4n) is 2.86. The van der Waals surface area contributed by atoms with Gasteiger partial charge in [-0.1, -0.05) is 6.07 Å². The minimum Gasteiger partial charge on any atom is -0.464 e. The van der Waals surface area contributed by atoms with E-state index in [2.05, 4.69) is 9.88 Å². The molecule has 2 rings (SSSR count). The summed E-state index contributed by atoms with van der Waals surface area (Å²) in [4.78, 5) is 32.2. The third-order valence-electron chi connectivity index (χ3n) is 4.00. The van der Waals surface area contributed by atoms with Crippen LogP contribution in [-0.2, 0) is 16.0 Å². The third-order valence-corrected chi connectivity index (χ3v) is 4.00. The van der Waals surface area contributed by atoms with E-state index in [9.17, 15) is 9.59 Å². The van der Waals surface area contributed by atoms with E-state index in [0.717, 1.165) is 5.56 Å². The van der Waals surface area contributed by atoms with Crippen LogP contribution in [0.25, 0.3) is 0 Å². The molecule has 1 aliphatic heterocycles. The zero-order valence-corrected chi connectivity index (χ0v) is 15.6. The zero-order valence-electron chi connectivity index (χ0n) is 15.6. The van der Waals surface area contributed by atoms with Crippen LogP contribution < -0.4 is 0 Å². The van der Waals surface area contributed by atoms with Crippen LogP contribution in [0.4, 0.5) is 4.79 Å². The molecule has 1 fully saturated rings. The van der Waals surface area contributed by atoms with Gasteiger partial charge in [0.25, 0.3) is 0 Å². The lowest BCUT2D eigenvalue weighted by molar-refractivity contribution is 0.000533.